The van der Waals surface area contributed by atoms with Gasteiger partial charge in [-0.3, -0.25) is 19.0 Å². The number of hydrogen-bond acceptors (Lipinski definition) is 10. The molecule has 1 fully saturated rings. The number of nitrogens with zero attached hydrogens (tertiary/aromatic N) is 4. The number of fused-ring (bicyclic) bond motifs is 1. The molecule has 4 atom stereocenters. The van der Waals surface area contributed by atoms with E-state index in [4.69, 9.17) is 30.5 Å². The van der Waals surface area contributed by atoms with Crippen molar-refractivity contribution in [2.75, 3.05) is 6.61 Å². The maximum atomic E-state index is 11.6. The minimum atomic E-state index is -0.958. The summed E-state index contributed by atoms with van der Waals surface area (Å²) < 4.78 is 23.4. The van der Waals surface area contributed by atoms with E-state index in [1.807, 2.05) is 0 Å². The van der Waals surface area contributed by atoms with Gasteiger partial charge in [0.25, 0.3) is 0 Å². The second-order valence-corrected chi connectivity index (χ2v) is 6.74. The molecule has 1 aliphatic heterocycles. The largest absolute Gasteiger partial charge is 0.463 e. The number of ether oxygens (including phenoxy) is 4. The van der Waals surface area contributed by atoms with Gasteiger partial charge >= 0.3 is 17.9 Å². The van der Waals surface area contributed by atoms with Crippen LogP contribution >= 0.6 is 11.6 Å². The maximum absolute atomic E-state index is 11.6. The Morgan fingerprint density at radius 2 is 1.86 bits per heavy atom. The fourth-order valence-electron chi connectivity index (χ4n) is 3.13. The standard InChI is InChI=1S/C17H19ClN4O7/c1-8(23)26-5-12-15(28-10(3)25)11(27-9(2)24)4-13(29-12)22-7-21-14-16(18)19-6-20-17(14)22/h6-7,11-13,15H,4-5H2,1-3H3/t11-,12-,13-,15+/m1/s1. The average Bonchev–Trinajstić information content (AvgIpc) is 3.06. The minimum Gasteiger partial charge on any atom is -0.463 e. The highest BCUT2D eigenvalue weighted by atomic mass is 35.5. The third-order valence-corrected chi connectivity index (χ3v) is 4.47. The van der Waals surface area contributed by atoms with Crippen molar-refractivity contribution in [1.29, 1.82) is 0 Å². The van der Waals surface area contributed by atoms with Gasteiger partial charge in [0, 0.05) is 27.2 Å². The first-order valence-corrected chi connectivity index (χ1v) is 9.10. The molecule has 0 spiro atoms. The first kappa shape index (κ1) is 20.9. The summed E-state index contributed by atoms with van der Waals surface area (Å²) in [5.74, 6) is -1.68. The molecular formula is C17H19ClN4O7. The molecule has 2 aromatic heterocycles. The van der Waals surface area contributed by atoms with Gasteiger partial charge in [0.15, 0.2) is 16.9 Å². The van der Waals surface area contributed by atoms with Gasteiger partial charge < -0.3 is 18.9 Å². The Labute approximate surface area is 170 Å². The van der Waals surface area contributed by atoms with Crippen LogP contribution in [0.3, 0.4) is 0 Å². The number of rotatable bonds is 5. The summed E-state index contributed by atoms with van der Waals surface area (Å²) in [6.45, 7) is 3.51. The quantitative estimate of drug-likeness (QED) is 0.390. The molecule has 0 N–H and O–H groups in total. The van der Waals surface area contributed by atoms with Crippen molar-refractivity contribution in [3.63, 3.8) is 0 Å². The Balaban J connectivity index is 1.95. The molecule has 0 aromatic carbocycles. The highest BCUT2D eigenvalue weighted by Gasteiger charge is 2.44. The van der Waals surface area contributed by atoms with Crippen LogP contribution in [0.5, 0.6) is 0 Å². The average molecular weight is 427 g/mol. The first-order valence-electron chi connectivity index (χ1n) is 8.72. The van der Waals surface area contributed by atoms with Crippen LogP contribution in [0, 0.1) is 0 Å². The Morgan fingerprint density at radius 3 is 2.52 bits per heavy atom. The van der Waals surface area contributed by atoms with Gasteiger partial charge in [0.1, 0.15) is 36.9 Å². The van der Waals surface area contributed by atoms with Crippen molar-refractivity contribution in [2.45, 2.75) is 51.7 Å². The summed E-state index contributed by atoms with van der Waals surface area (Å²) in [5.41, 5.74) is 0.786. The highest BCUT2D eigenvalue weighted by Crippen LogP contribution is 2.34. The molecular weight excluding hydrogens is 408 g/mol. The molecule has 0 amide bonds. The van der Waals surface area contributed by atoms with Crippen LogP contribution < -0.4 is 0 Å². The molecule has 0 unspecified atom stereocenters. The lowest BCUT2D eigenvalue weighted by atomic mass is 10.00. The van der Waals surface area contributed by atoms with Crippen LogP contribution in [0.2, 0.25) is 5.15 Å². The molecule has 0 aliphatic carbocycles. The summed E-state index contributed by atoms with van der Waals surface area (Å²) >= 11 is 6.05. The molecule has 156 valence electrons. The Kier molecular flexibility index (Phi) is 6.28. The van der Waals surface area contributed by atoms with Gasteiger partial charge in [-0.2, -0.15) is 0 Å². The fourth-order valence-corrected chi connectivity index (χ4v) is 3.30. The van der Waals surface area contributed by atoms with Crippen molar-refractivity contribution in [3.8, 4) is 0 Å². The first-order chi connectivity index (χ1) is 13.8. The lowest BCUT2D eigenvalue weighted by molar-refractivity contribution is -0.226. The number of halogens is 1. The Morgan fingerprint density at radius 1 is 1.14 bits per heavy atom. The summed E-state index contributed by atoms with van der Waals surface area (Å²) in [7, 11) is 0. The normalized spacial score (nSPS) is 24.1. The molecule has 0 bridgehead atoms. The van der Waals surface area contributed by atoms with Gasteiger partial charge in [-0.25, -0.2) is 15.0 Å². The zero-order valence-electron chi connectivity index (χ0n) is 15.9. The third-order valence-electron chi connectivity index (χ3n) is 4.19. The number of hydrogen-bond donors (Lipinski definition) is 0. The number of aromatic nitrogens is 4. The lowest BCUT2D eigenvalue weighted by Gasteiger charge is -2.40. The molecule has 29 heavy (non-hydrogen) atoms. The van der Waals surface area contributed by atoms with Gasteiger partial charge in [0.05, 0.1) is 6.33 Å². The fraction of sp³-hybridized carbons (Fsp3) is 0.529. The summed E-state index contributed by atoms with van der Waals surface area (Å²) in [4.78, 5) is 46.7. The SMILES string of the molecule is CC(=O)OC[C@H]1O[C@@H](n2cnc3c(Cl)ncnc32)C[C@@H](OC(C)=O)[C@@H]1OC(C)=O. The van der Waals surface area contributed by atoms with Crippen molar-refractivity contribution < 1.29 is 33.3 Å². The molecule has 1 saturated heterocycles. The van der Waals surface area contributed by atoms with Crippen molar-refractivity contribution in [3.05, 3.63) is 17.8 Å². The highest BCUT2D eigenvalue weighted by molar-refractivity contribution is 6.33. The molecule has 11 nitrogen and oxygen atoms in total. The van der Waals surface area contributed by atoms with Crippen molar-refractivity contribution >= 4 is 40.7 Å². The predicted octanol–water partition coefficient (Wildman–Crippen LogP) is 1.19. The van der Waals surface area contributed by atoms with E-state index in [1.165, 1.54) is 33.4 Å². The summed E-state index contributed by atoms with van der Waals surface area (Å²) in [6, 6.07) is 0. The molecule has 3 heterocycles. The van der Waals surface area contributed by atoms with Crippen molar-refractivity contribution in [1.82, 2.24) is 19.5 Å². The molecule has 12 heteroatoms. The van der Waals surface area contributed by atoms with E-state index in [9.17, 15) is 14.4 Å². The van der Waals surface area contributed by atoms with Crippen LogP contribution in [0.25, 0.3) is 11.2 Å². The maximum Gasteiger partial charge on any atom is 0.303 e. The van der Waals surface area contributed by atoms with E-state index < -0.39 is 42.4 Å². The van der Waals surface area contributed by atoms with E-state index in [0.717, 1.165) is 0 Å². The number of esters is 3. The number of carbonyl (C=O) groups excluding carboxylic acids is 3. The van der Waals surface area contributed by atoms with E-state index >= 15 is 0 Å². The summed E-state index contributed by atoms with van der Waals surface area (Å²) in [6.07, 6.45) is -0.502. The topological polar surface area (TPSA) is 132 Å². The van der Waals surface area contributed by atoms with Gasteiger partial charge in [0.2, 0.25) is 0 Å². The molecule has 0 radical (unpaired) electrons. The van der Waals surface area contributed by atoms with Crippen molar-refractivity contribution in [2.24, 2.45) is 0 Å². The predicted molar refractivity (Wildman–Crippen MR) is 96.6 cm³/mol. The molecule has 1 aliphatic rings. The van der Waals surface area contributed by atoms with E-state index in [-0.39, 0.29) is 18.2 Å². The van der Waals surface area contributed by atoms with E-state index in [1.54, 1.807) is 4.57 Å². The molecule has 3 rings (SSSR count). The van der Waals surface area contributed by atoms with E-state index in [0.29, 0.717) is 11.2 Å². The third kappa shape index (κ3) is 4.80. The smallest absolute Gasteiger partial charge is 0.303 e. The van der Waals surface area contributed by atoms with E-state index in [2.05, 4.69) is 15.0 Å². The molecule has 2 aromatic rings. The zero-order chi connectivity index (χ0) is 21.1. The Bertz CT molecular complexity index is 934. The second-order valence-electron chi connectivity index (χ2n) is 6.38. The van der Waals surface area contributed by atoms with Crippen LogP contribution in [-0.4, -0.2) is 62.3 Å². The van der Waals surface area contributed by atoms with Crippen LogP contribution in [0.4, 0.5) is 0 Å². The van der Waals surface area contributed by atoms with Gasteiger partial charge in [-0.05, 0) is 0 Å². The Hall–Kier alpha value is -2.79. The van der Waals surface area contributed by atoms with Crippen LogP contribution in [0.15, 0.2) is 12.7 Å². The van der Waals surface area contributed by atoms with Gasteiger partial charge in [-0.1, -0.05) is 11.6 Å². The lowest BCUT2D eigenvalue weighted by Crippen LogP contribution is -2.52. The number of carbonyl (C=O) groups is 3. The monoisotopic (exact) mass is 426 g/mol. The van der Waals surface area contributed by atoms with Crippen LogP contribution in [0.1, 0.15) is 33.4 Å². The van der Waals surface area contributed by atoms with Gasteiger partial charge in [-0.15, -0.1) is 0 Å². The van der Waals surface area contributed by atoms with Crippen LogP contribution in [-0.2, 0) is 33.3 Å². The minimum absolute atomic E-state index is 0.140. The second kappa shape index (κ2) is 8.70. The summed E-state index contributed by atoms with van der Waals surface area (Å²) in [5, 5.41) is 0.176. The zero-order valence-corrected chi connectivity index (χ0v) is 16.7. The number of imidazole rings is 1. The molecule has 0 saturated carbocycles.